The molecule has 0 unspecified atom stereocenters. The van der Waals surface area contributed by atoms with Crippen LogP contribution < -0.4 is 0 Å². The molecule has 0 fully saturated rings. The highest BCUT2D eigenvalue weighted by Gasteiger charge is 2.37. The molecule has 29 heavy (non-hydrogen) atoms. The van der Waals surface area contributed by atoms with Crippen molar-refractivity contribution >= 4 is 17.8 Å². The molecule has 0 heterocycles. The second-order valence-electron chi connectivity index (χ2n) is 7.64. The minimum absolute atomic E-state index is 0.367. The molecule has 0 aliphatic heterocycles. The number of carbonyl (C=O) groups excluding carboxylic acids is 3. The first-order chi connectivity index (χ1) is 13.7. The van der Waals surface area contributed by atoms with Crippen LogP contribution in [0.25, 0.3) is 0 Å². The summed E-state index contributed by atoms with van der Waals surface area (Å²) in [4.78, 5) is 38.7. The largest absolute Gasteiger partial charge is 0.468 e. The Morgan fingerprint density at radius 3 is 1.90 bits per heavy atom. The van der Waals surface area contributed by atoms with Gasteiger partial charge in [-0.1, -0.05) is 37.3 Å². The monoisotopic (exact) mass is 396 g/mol. The van der Waals surface area contributed by atoms with E-state index in [1.54, 1.807) is 42.5 Å². The van der Waals surface area contributed by atoms with E-state index in [0.29, 0.717) is 11.1 Å². The molecule has 2 amide bonds. The maximum atomic E-state index is 13.4. The molecule has 6 heteroatoms. The number of hydrazine groups is 1. The maximum Gasteiger partial charge on any atom is 0.327 e. The molecule has 0 saturated carbocycles. The van der Waals surface area contributed by atoms with E-state index in [1.807, 2.05) is 39.8 Å². The van der Waals surface area contributed by atoms with E-state index in [0.717, 1.165) is 17.0 Å². The van der Waals surface area contributed by atoms with Crippen LogP contribution in [0.2, 0.25) is 0 Å². The molecule has 0 saturated heterocycles. The minimum Gasteiger partial charge on any atom is -0.468 e. The van der Waals surface area contributed by atoms with Crippen LogP contribution in [0.5, 0.6) is 0 Å². The summed E-state index contributed by atoms with van der Waals surface area (Å²) in [6, 6.07) is 15.8. The standard InChI is InChI=1S/C23H28N2O4/c1-6-17-12-14-19(15-13-17)22(28)25(23(2,3)4)24(16-20(26)29-5)21(27)18-10-8-7-9-11-18/h7-15H,6,16H2,1-5H3. The van der Waals surface area contributed by atoms with E-state index < -0.39 is 17.4 Å². The summed E-state index contributed by atoms with van der Waals surface area (Å²) in [6.45, 7) is 7.10. The molecule has 154 valence electrons. The van der Waals surface area contributed by atoms with Crippen molar-refractivity contribution in [2.45, 2.75) is 39.7 Å². The summed E-state index contributed by atoms with van der Waals surface area (Å²) >= 11 is 0. The highest BCUT2D eigenvalue weighted by atomic mass is 16.5. The van der Waals surface area contributed by atoms with Crippen molar-refractivity contribution in [2.24, 2.45) is 0 Å². The van der Waals surface area contributed by atoms with Gasteiger partial charge in [-0.3, -0.25) is 14.4 Å². The van der Waals surface area contributed by atoms with Crippen LogP contribution in [0.15, 0.2) is 54.6 Å². The molecule has 2 aromatic rings. The number of ether oxygens (including phenoxy) is 1. The lowest BCUT2D eigenvalue weighted by atomic mass is 10.0. The molecule has 0 bridgehead atoms. The number of esters is 1. The third kappa shape index (κ3) is 5.44. The second-order valence-corrected chi connectivity index (χ2v) is 7.64. The molecule has 0 aliphatic rings. The van der Waals surface area contributed by atoms with Crippen LogP contribution in [0.1, 0.15) is 54.0 Å². The zero-order chi connectivity index (χ0) is 21.6. The lowest BCUT2D eigenvalue weighted by Crippen LogP contribution is -2.59. The van der Waals surface area contributed by atoms with Gasteiger partial charge < -0.3 is 4.74 Å². The molecule has 0 N–H and O–H groups in total. The van der Waals surface area contributed by atoms with Gasteiger partial charge in [0.05, 0.1) is 12.6 Å². The van der Waals surface area contributed by atoms with Crippen LogP contribution in [0.4, 0.5) is 0 Å². The number of benzene rings is 2. The molecule has 0 radical (unpaired) electrons. The molecule has 2 rings (SSSR count). The third-order valence-electron chi connectivity index (χ3n) is 4.44. The van der Waals surface area contributed by atoms with Crippen LogP contribution in [-0.4, -0.2) is 47.0 Å². The number of hydrogen-bond donors (Lipinski definition) is 0. The number of methoxy groups -OCH3 is 1. The van der Waals surface area contributed by atoms with E-state index in [4.69, 9.17) is 4.74 Å². The van der Waals surface area contributed by atoms with Gasteiger partial charge in [0, 0.05) is 11.1 Å². The second kappa shape index (κ2) is 9.37. The number of rotatable bonds is 5. The van der Waals surface area contributed by atoms with Gasteiger partial charge in [0.1, 0.15) is 6.54 Å². The third-order valence-corrected chi connectivity index (χ3v) is 4.44. The summed E-state index contributed by atoms with van der Waals surface area (Å²) < 4.78 is 4.77. The fourth-order valence-corrected chi connectivity index (χ4v) is 2.93. The molecule has 0 aliphatic carbocycles. The van der Waals surface area contributed by atoms with Gasteiger partial charge in [0.25, 0.3) is 11.8 Å². The Kier molecular flexibility index (Phi) is 7.15. The van der Waals surface area contributed by atoms with E-state index in [2.05, 4.69) is 0 Å². The quantitative estimate of drug-likeness (QED) is 0.571. The maximum absolute atomic E-state index is 13.4. The summed E-state index contributed by atoms with van der Waals surface area (Å²) in [6.07, 6.45) is 0.860. The average Bonchev–Trinajstić information content (AvgIpc) is 2.72. The van der Waals surface area contributed by atoms with Crippen molar-refractivity contribution in [1.82, 2.24) is 10.0 Å². The molecule has 2 aromatic carbocycles. The molecule has 6 nitrogen and oxygen atoms in total. The zero-order valence-electron chi connectivity index (χ0n) is 17.6. The van der Waals surface area contributed by atoms with E-state index in [1.165, 1.54) is 12.1 Å². The number of aryl methyl sites for hydroxylation is 1. The predicted octanol–water partition coefficient (Wildman–Crippen LogP) is 3.72. The summed E-state index contributed by atoms with van der Waals surface area (Å²) in [5.74, 6) is -1.43. The fourth-order valence-electron chi connectivity index (χ4n) is 2.93. The summed E-state index contributed by atoms with van der Waals surface area (Å²) in [7, 11) is 1.25. The first-order valence-corrected chi connectivity index (χ1v) is 9.56. The van der Waals surface area contributed by atoms with Crippen LogP contribution in [0.3, 0.4) is 0 Å². The van der Waals surface area contributed by atoms with E-state index in [9.17, 15) is 14.4 Å². The normalized spacial score (nSPS) is 10.9. The molecular weight excluding hydrogens is 368 g/mol. The molecule has 0 aromatic heterocycles. The average molecular weight is 396 g/mol. The SMILES string of the molecule is CCc1ccc(C(=O)N(N(CC(=O)OC)C(=O)c2ccccc2)C(C)(C)C)cc1. The van der Waals surface area contributed by atoms with Crippen molar-refractivity contribution < 1.29 is 19.1 Å². The van der Waals surface area contributed by atoms with Crippen molar-refractivity contribution in [1.29, 1.82) is 0 Å². The first-order valence-electron chi connectivity index (χ1n) is 9.56. The fraction of sp³-hybridized carbons (Fsp3) is 0.348. The van der Waals surface area contributed by atoms with Gasteiger partial charge in [-0.25, -0.2) is 10.0 Å². The topological polar surface area (TPSA) is 66.9 Å². The Morgan fingerprint density at radius 2 is 1.41 bits per heavy atom. The Hall–Kier alpha value is -3.15. The Balaban J connectivity index is 2.51. The zero-order valence-corrected chi connectivity index (χ0v) is 17.6. The first kappa shape index (κ1) is 22.1. The van der Waals surface area contributed by atoms with E-state index >= 15 is 0 Å². The van der Waals surface area contributed by atoms with Gasteiger partial charge in [-0.15, -0.1) is 0 Å². The highest BCUT2D eigenvalue weighted by Crippen LogP contribution is 2.23. The number of hydrogen-bond acceptors (Lipinski definition) is 4. The van der Waals surface area contributed by atoms with Crippen LogP contribution in [0, 0.1) is 0 Å². The molecular formula is C23H28N2O4. The molecule has 0 atom stereocenters. The predicted molar refractivity (Wildman–Crippen MR) is 111 cm³/mol. The minimum atomic E-state index is -0.765. The number of amides is 2. The lowest BCUT2D eigenvalue weighted by Gasteiger charge is -2.43. The summed E-state index contributed by atoms with van der Waals surface area (Å²) in [5.41, 5.74) is 1.15. The van der Waals surface area contributed by atoms with Gasteiger partial charge in [-0.05, 0) is 57.0 Å². The van der Waals surface area contributed by atoms with Crippen LogP contribution in [-0.2, 0) is 16.0 Å². The van der Waals surface area contributed by atoms with Gasteiger partial charge in [0.2, 0.25) is 0 Å². The Morgan fingerprint density at radius 1 is 0.862 bits per heavy atom. The Labute approximate surface area is 172 Å². The lowest BCUT2D eigenvalue weighted by molar-refractivity contribution is -0.145. The van der Waals surface area contributed by atoms with Crippen molar-refractivity contribution in [3.8, 4) is 0 Å². The van der Waals surface area contributed by atoms with Crippen molar-refractivity contribution in [2.75, 3.05) is 13.7 Å². The molecule has 0 spiro atoms. The number of carbonyl (C=O) groups is 3. The van der Waals surface area contributed by atoms with Crippen LogP contribution >= 0.6 is 0 Å². The Bertz CT molecular complexity index is 855. The number of nitrogens with zero attached hydrogens (tertiary/aromatic N) is 2. The van der Waals surface area contributed by atoms with Gasteiger partial charge in [0.15, 0.2) is 0 Å². The van der Waals surface area contributed by atoms with Gasteiger partial charge in [-0.2, -0.15) is 0 Å². The summed E-state index contributed by atoms with van der Waals surface area (Å²) in [5, 5.41) is 2.50. The highest BCUT2D eigenvalue weighted by molar-refractivity contribution is 6.00. The van der Waals surface area contributed by atoms with Gasteiger partial charge >= 0.3 is 5.97 Å². The van der Waals surface area contributed by atoms with E-state index in [-0.39, 0.29) is 12.5 Å². The smallest absolute Gasteiger partial charge is 0.327 e. The van der Waals surface area contributed by atoms with Crippen molar-refractivity contribution in [3.63, 3.8) is 0 Å². The van der Waals surface area contributed by atoms with Crippen molar-refractivity contribution in [3.05, 3.63) is 71.3 Å².